The van der Waals surface area contributed by atoms with Gasteiger partial charge in [-0.2, -0.15) is 0 Å². The highest BCUT2D eigenvalue weighted by Crippen LogP contribution is 2.11. The zero-order chi connectivity index (χ0) is 26.0. The summed E-state index contributed by atoms with van der Waals surface area (Å²) in [5.41, 5.74) is 6.59. The zero-order valence-electron chi connectivity index (χ0n) is 18.4. The van der Waals surface area contributed by atoms with Crippen molar-refractivity contribution in [2.24, 2.45) is 5.73 Å². The van der Waals surface area contributed by atoms with Gasteiger partial charge in [0.1, 0.15) is 17.8 Å². The third-order valence-corrected chi connectivity index (χ3v) is 4.78. The molecule has 0 aliphatic carbocycles. The van der Waals surface area contributed by atoms with Crippen molar-refractivity contribution in [2.45, 2.75) is 37.4 Å². The molecular weight excluding hydrogens is 464 g/mol. The van der Waals surface area contributed by atoms with Crippen LogP contribution in [0.3, 0.4) is 0 Å². The maximum absolute atomic E-state index is 12.7. The van der Waals surface area contributed by atoms with E-state index < -0.39 is 60.8 Å². The summed E-state index contributed by atoms with van der Waals surface area (Å²) in [6.45, 7) is -0.589. The van der Waals surface area contributed by atoms with E-state index in [2.05, 4.69) is 25.9 Å². The van der Waals surface area contributed by atoms with Crippen molar-refractivity contribution < 1.29 is 39.3 Å². The lowest BCUT2D eigenvalue weighted by Crippen LogP contribution is -2.54. The van der Waals surface area contributed by atoms with Crippen molar-refractivity contribution in [3.8, 4) is 5.75 Å². The SMILES string of the molecule is NC(CC(=O)O)C(=O)NC(Cc1ccc(O)cc1)C(=O)NCC(=O)NC(Cc1cnc[nH]1)C(=O)O. The van der Waals surface area contributed by atoms with Crippen LogP contribution in [0.4, 0.5) is 0 Å². The summed E-state index contributed by atoms with van der Waals surface area (Å²) in [7, 11) is 0. The molecule has 14 nitrogen and oxygen atoms in total. The van der Waals surface area contributed by atoms with Crippen LogP contribution in [0, 0.1) is 0 Å². The molecule has 0 saturated heterocycles. The van der Waals surface area contributed by atoms with Gasteiger partial charge in [-0.1, -0.05) is 12.1 Å². The Morgan fingerprint density at radius 3 is 2.23 bits per heavy atom. The molecule has 0 saturated carbocycles. The fourth-order valence-electron chi connectivity index (χ4n) is 2.99. The van der Waals surface area contributed by atoms with Crippen LogP contribution in [0.5, 0.6) is 5.75 Å². The molecule has 3 unspecified atom stereocenters. The third-order valence-electron chi connectivity index (χ3n) is 4.78. The number of carbonyl (C=O) groups is 5. The maximum atomic E-state index is 12.7. The van der Waals surface area contributed by atoms with Crippen molar-refractivity contribution >= 4 is 29.7 Å². The molecule has 3 atom stereocenters. The molecule has 14 heteroatoms. The van der Waals surface area contributed by atoms with Crippen molar-refractivity contribution in [3.05, 3.63) is 48.0 Å². The fourth-order valence-corrected chi connectivity index (χ4v) is 2.99. The van der Waals surface area contributed by atoms with Crippen molar-refractivity contribution in [1.82, 2.24) is 25.9 Å². The number of H-pyrrole nitrogens is 1. The van der Waals surface area contributed by atoms with Gasteiger partial charge < -0.3 is 42.0 Å². The van der Waals surface area contributed by atoms with Gasteiger partial charge in [-0.3, -0.25) is 19.2 Å². The normalized spacial score (nSPS) is 13.2. The summed E-state index contributed by atoms with van der Waals surface area (Å²) in [5.74, 6) is -5.06. The number of phenols is 1. The number of nitrogens with zero attached hydrogens (tertiary/aromatic N) is 1. The minimum absolute atomic E-state index is 0.0120. The molecule has 9 N–H and O–H groups in total. The molecule has 188 valence electrons. The topological polar surface area (TPSA) is 237 Å². The summed E-state index contributed by atoms with van der Waals surface area (Å²) < 4.78 is 0. The van der Waals surface area contributed by atoms with Gasteiger partial charge in [0.05, 0.1) is 25.3 Å². The number of phenolic OH excluding ortho intramolecular Hbond substituents is 1. The number of carboxylic acid groups (broad SMARTS) is 2. The number of amides is 3. The second kappa shape index (κ2) is 12.7. The number of aliphatic carboxylic acids is 2. The lowest BCUT2D eigenvalue weighted by Gasteiger charge is -2.21. The van der Waals surface area contributed by atoms with Crippen LogP contribution in [-0.4, -0.2) is 79.6 Å². The lowest BCUT2D eigenvalue weighted by molar-refractivity contribution is -0.141. The van der Waals surface area contributed by atoms with Crippen LogP contribution in [-0.2, 0) is 36.8 Å². The largest absolute Gasteiger partial charge is 0.508 e. The van der Waals surface area contributed by atoms with Gasteiger partial charge in [-0.15, -0.1) is 0 Å². The van der Waals surface area contributed by atoms with Gasteiger partial charge in [0.25, 0.3) is 0 Å². The summed E-state index contributed by atoms with van der Waals surface area (Å²) >= 11 is 0. The molecule has 1 aromatic carbocycles. The molecule has 0 radical (unpaired) electrons. The molecule has 2 rings (SSSR count). The second-order valence-corrected chi connectivity index (χ2v) is 7.59. The Labute approximate surface area is 198 Å². The molecule has 1 aromatic heterocycles. The van der Waals surface area contributed by atoms with Gasteiger partial charge in [0.15, 0.2) is 0 Å². The molecule has 35 heavy (non-hydrogen) atoms. The van der Waals surface area contributed by atoms with Crippen LogP contribution in [0.15, 0.2) is 36.8 Å². The number of aromatic hydroxyl groups is 1. The Balaban J connectivity index is 2.02. The third kappa shape index (κ3) is 9.13. The van der Waals surface area contributed by atoms with Gasteiger partial charge >= 0.3 is 11.9 Å². The number of benzene rings is 1. The second-order valence-electron chi connectivity index (χ2n) is 7.59. The highest BCUT2D eigenvalue weighted by Gasteiger charge is 2.26. The van der Waals surface area contributed by atoms with E-state index >= 15 is 0 Å². The number of nitrogens with one attached hydrogen (secondary N) is 4. The van der Waals surface area contributed by atoms with Gasteiger partial charge in [-0.25, -0.2) is 9.78 Å². The maximum Gasteiger partial charge on any atom is 0.326 e. The van der Waals surface area contributed by atoms with Crippen LogP contribution < -0.4 is 21.7 Å². The molecule has 1 heterocycles. The highest BCUT2D eigenvalue weighted by atomic mass is 16.4. The van der Waals surface area contributed by atoms with Crippen molar-refractivity contribution in [3.63, 3.8) is 0 Å². The zero-order valence-corrected chi connectivity index (χ0v) is 18.4. The molecule has 0 aliphatic heterocycles. The van der Waals surface area contributed by atoms with Crippen LogP contribution in [0.2, 0.25) is 0 Å². The number of carbonyl (C=O) groups excluding carboxylic acids is 3. The van der Waals surface area contributed by atoms with E-state index in [1.807, 2.05) is 0 Å². The lowest BCUT2D eigenvalue weighted by atomic mass is 10.0. The summed E-state index contributed by atoms with van der Waals surface area (Å²) in [6.07, 6.45) is 2.00. The molecule has 0 bridgehead atoms. The number of carboxylic acids is 2. The van der Waals surface area contributed by atoms with Gasteiger partial charge in [-0.05, 0) is 17.7 Å². The molecule has 2 aromatic rings. The number of aromatic amines is 1. The predicted molar refractivity (Wildman–Crippen MR) is 119 cm³/mol. The fraction of sp³-hybridized carbons (Fsp3) is 0.333. The Morgan fingerprint density at radius 1 is 0.971 bits per heavy atom. The smallest absolute Gasteiger partial charge is 0.326 e. The van der Waals surface area contributed by atoms with E-state index in [1.165, 1.54) is 36.8 Å². The number of hydrogen-bond acceptors (Lipinski definition) is 8. The van der Waals surface area contributed by atoms with E-state index in [-0.39, 0.29) is 18.6 Å². The van der Waals surface area contributed by atoms with Gasteiger partial charge in [0, 0.05) is 24.7 Å². The quantitative estimate of drug-likeness (QED) is 0.152. The highest BCUT2D eigenvalue weighted by molar-refractivity contribution is 5.93. The Hall–Kier alpha value is -4.46. The van der Waals surface area contributed by atoms with E-state index in [0.29, 0.717) is 11.3 Å². The van der Waals surface area contributed by atoms with E-state index in [9.17, 15) is 34.2 Å². The average molecular weight is 490 g/mol. The first kappa shape index (κ1) is 26.8. The monoisotopic (exact) mass is 490 g/mol. The number of hydrogen-bond donors (Lipinski definition) is 8. The van der Waals surface area contributed by atoms with Crippen molar-refractivity contribution in [1.29, 1.82) is 0 Å². The number of imidazole rings is 1. The van der Waals surface area contributed by atoms with Crippen molar-refractivity contribution in [2.75, 3.05) is 6.54 Å². The van der Waals surface area contributed by atoms with Gasteiger partial charge in [0.2, 0.25) is 17.7 Å². The Morgan fingerprint density at radius 2 is 1.66 bits per heavy atom. The van der Waals surface area contributed by atoms with E-state index in [4.69, 9.17) is 10.8 Å². The summed E-state index contributed by atoms with van der Waals surface area (Å²) in [4.78, 5) is 66.0. The molecule has 0 aliphatic rings. The van der Waals surface area contributed by atoms with Crippen LogP contribution in [0.1, 0.15) is 17.7 Å². The summed E-state index contributed by atoms with van der Waals surface area (Å²) in [6, 6.07) is 1.85. The molecule has 0 spiro atoms. The first-order valence-corrected chi connectivity index (χ1v) is 10.4. The first-order chi connectivity index (χ1) is 16.5. The van der Waals surface area contributed by atoms with E-state index in [0.717, 1.165) is 0 Å². The molecule has 0 fully saturated rings. The number of aromatic nitrogens is 2. The summed E-state index contributed by atoms with van der Waals surface area (Å²) in [5, 5.41) is 34.5. The molecular formula is C21H26N6O8. The first-order valence-electron chi connectivity index (χ1n) is 10.4. The Bertz CT molecular complexity index is 1040. The number of nitrogens with two attached hydrogens (primary N) is 1. The Kier molecular flexibility index (Phi) is 9.71. The minimum Gasteiger partial charge on any atom is -0.508 e. The van der Waals surface area contributed by atoms with Crippen LogP contribution >= 0.6 is 0 Å². The molecule has 3 amide bonds. The van der Waals surface area contributed by atoms with Crippen LogP contribution in [0.25, 0.3) is 0 Å². The standard InChI is InChI=1S/C21H26N6O8/c22-14(7-18(30)31)19(32)27-15(5-11-1-3-13(28)4-2-11)20(33)24-9-17(29)26-16(21(34)35)6-12-8-23-10-25-12/h1-4,8,10,14-16,28H,5-7,9,22H2,(H,23,25)(H,24,33)(H,26,29)(H,27,32)(H,30,31)(H,34,35). The minimum atomic E-state index is -1.41. The number of rotatable bonds is 13. The predicted octanol–water partition coefficient (Wildman–Crippen LogP) is -2.13. The average Bonchev–Trinajstić information content (AvgIpc) is 3.30. The van der Waals surface area contributed by atoms with E-state index in [1.54, 1.807) is 0 Å².